The molecule has 5 nitrogen and oxygen atoms in total. The highest BCUT2D eigenvalue weighted by Gasteiger charge is 2.21. The van der Waals surface area contributed by atoms with Gasteiger partial charge in [0, 0.05) is 0 Å². The zero-order valence-corrected chi connectivity index (χ0v) is 17.6. The third-order valence-electron chi connectivity index (χ3n) is 5.11. The Bertz CT molecular complexity index is 1270. The smallest absolute Gasteiger partial charge is 0.263 e. The van der Waals surface area contributed by atoms with Crippen molar-refractivity contribution in [2.24, 2.45) is 0 Å². The first-order valence-corrected chi connectivity index (χ1v) is 11.1. The van der Waals surface area contributed by atoms with Crippen LogP contribution in [-0.2, 0) is 16.4 Å². The first kappa shape index (κ1) is 19.9. The number of benzene rings is 3. The van der Waals surface area contributed by atoms with Crippen LogP contribution in [0.5, 0.6) is 0 Å². The van der Waals surface area contributed by atoms with Crippen LogP contribution in [0.25, 0.3) is 11.1 Å². The maximum absolute atomic E-state index is 13.2. The van der Waals surface area contributed by atoms with E-state index in [1.54, 1.807) is 6.07 Å². The quantitative estimate of drug-likeness (QED) is 0.458. The van der Waals surface area contributed by atoms with E-state index in [9.17, 15) is 8.42 Å². The predicted molar refractivity (Wildman–Crippen MR) is 118 cm³/mol. The van der Waals surface area contributed by atoms with Crippen molar-refractivity contribution in [2.75, 3.05) is 4.72 Å². The summed E-state index contributed by atoms with van der Waals surface area (Å²) in [6.07, 6.45) is 2.96. The Morgan fingerprint density at radius 1 is 0.900 bits per heavy atom. The maximum Gasteiger partial charge on any atom is 0.263 e. The fourth-order valence-corrected chi connectivity index (χ4v) is 4.58. The van der Waals surface area contributed by atoms with E-state index in [0.29, 0.717) is 12.0 Å². The lowest BCUT2D eigenvalue weighted by atomic mass is 9.98. The van der Waals surface area contributed by atoms with Gasteiger partial charge in [0.25, 0.3) is 10.0 Å². The summed E-state index contributed by atoms with van der Waals surface area (Å²) in [7, 11) is -3.86. The molecular weight excluding hydrogens is 396 g/mol. The summed E-state index contributed by atoms with van der Waals surface area (Å²) >= 11 is 0. The molecule has 1 aromatic heterocycles. The molecule has 0 spiro atoms. The summed E-state index contributed by atoms with van der Waals surface area (Å²) in [4.78, 5) is 4.11. The molecule has 0 amide bonds. The number of aryl methyl sites for hydroxylation is 2. The molecule has 152 valence electrons. The molecule has 0 bridgehead atoms. The van der Waals surface area contributed by atoms with E-state index in [-0.39, 0.29) is 10.7 Å². The van der Waals surface area contributed by atoms with Crippen molar-refractivity contribution in [3.63, 3.8) is 0 Å². The summed E-state index contributed by atoms with van der Waals surface area (Å²) in [5.74, 6) is 0.150. The summed E-state index contributed by atoms with van der Waals surface area (Å²) in [5.41, 5.74) is 5.92. The minimum Gasteiger partial charge on any atom is -0.449 e. The molecule has 1 N–H and O–H groups in total. The molecule has 6 heteroatoms. The first-order valence-electron chi connectivity index (χ1n) is 9.58. The molecule has 30 heavy (non-hydrogen) atoms. The fourth-order valence-electron chi connectivity index (χ4n) is 3.32. The van der Waals surface area contributed by atoms with Gasteiger partial charge in [0.05, 0.1) is 4.90 Å². The van der Waals surface area contributed by atoms with Gasteiger partial charge in [-0.25, -0.2) is 8.42 Å². The van der Waals surface area contributed by atoms with Crippen molar-refractivity contribution >= 4 is 15.8 Å². The average molecular weight is 419 g/mol. The number of sulfonamides is 1. The van der Waals surface area contributed by atoms with Crippen molar-refractivity contribution in [1.82, 2.24) is 4.98 Å². The molecular formula is C24H22N2O3S. The van der Waals surface area contributed by atoms with Gasteiger partial charge in [-0.2, -0.15) is 4.98 Å². The number of aromatic nitrogens is 1. The Balaban J connectivity index is 1.80. The largest absolute Gasteiger partial charge is 0.449 e. The highest BCUT2D eigenvalue weighted by atomic mass is 32.2. The molecule has 4 rings (SSSR count). The summed E-state index contributed by atoms with van der Waals surface area (Å²) in [6, 6.07) is 21.5. The van der Waals surface area contributed by atoms with Crippen LogP contribution in [0.1, 0.15) is 22.3 Å². The Kier molecular flexibility index (Phi) is 5.42. The van der Waals surface area contributed by atoms with Crippen LogP contribution in [0.2, 0.25) is 0 Å². The minimum atomic E-state index is -3.86. The van der Waals surface area contributed by atoms with E-state index in [1.807, 2.05) is 61.5 Å². The molecule has 1 heterocycles. The molecule has 4 aromatic rings. The zero-order chi connectivity index (χ0) is 21.1. The van der Waals surface area contributed by atoms with E-state index in [4.69, 9.17) is 4.42 Å². The van der Waals surface area contributed by atoms with E-state index in [0.717, 1.165) is 22.3 Å². The second-order valence-electron chi connectivity index (χ2n) is 7.26. The Morgan fingerprint density at radius 3 is 2.33 bits per heavy atom. The molecule has 0 aliphatic carbocycles. The molecule has 0 radical (unpaired) electrons. The van der Waals surface area contributed by atoms with Crippen LogP contribution in [0.4, 0.5) is 5.82 Å². The number of anilines is 1. The second-order valence-corrected chi connectivity index (χ2v) is 8.91. The lowest BCUT2D eigenvalue weighted by Gasteiger charge is -2.14. The summed E-state index contributed by atoms with van der Waals surface area (Å²) in [5, 5.41) is 0. The SMILES string of the molecule is Cc1ccc(-c2ccc(Cc3ccccc3)c(S(=O)(=O)Nc3cocn3)c2)cc1C. The van der Waals surface area contributed by atoms with Gasteiger partial charge in [0.1, 0.15) is 6.26 Å². The van der Waals surface area contributed by atoms with Gasteiger partial charge in [-0.15, -0.1) is 0 Å². The van der Waals surface area contributed by atoms with Gasteiger partial charge in [-0.3, -0.25) is 4.72 Å². The minimum absolute atomic E-state index is 0.150. The van der Waals surface area contributed by atoms with Crippen LogP contribution in [0.15, 0.2) is 88.7 Å². The Hall–Kier alpha value is -3.38. The topological polar surface area (TPSA) is 72.2 Å². The van der Waals surface area contributed by atoms with Crippen LogP contribution in [-0.4, -0.2) is 13.4 Å². The molecule has 0 fully saturated rings. The standard InChI is InChI=1S/C24H22N2O3S/c1-17-8-9-20(12-18(17)2)21-10-11-22(13-19-6-4-3-5-7-19)23(14-21)30(27,28)26-24-15-29-16-25-24/h3-12,14-16,26H,13H2,1-2H3. The number of rotatable bonds is 6. The van der Waals surface area contributed by atoms with Gasteiger partial charge in [0.15, 0.2) is 12.2 Å². The third kappa shape index (κ3) is 4.28. The molecule has 0 atom stereocenters. The van der Waals surface area contributed by atoms with Crippen molar-refractivity contribution < 1.29 is 12.8 Å². The number of hydrogen-bond acceptors (Lipinski definition) is 4. The van der Waals surface area contributed by atoms with Crippen molar-refractivity contribution in [1.29, 1.82) is 0 Å². The Labute approximate surface area is 176 Å². The van der Waals surface area contributed by atoms with E-state index in [1.165, 1.54) is 18.2 Å². The molecule has 0 aliphatic rings. The van der Waals surface area contributed by atoms with Crippen LogP contribution in [0, 0.1) is 13.8 Å². The van der Waals surface area contributed by atoms with E-state index >= 15 is 0 Å². The lowest BCUT2D eigenvalue weighted by Crippen LogP contribution is -2.15. The van der Waals surface area contributed by atoms with Crippen molar-refractivity contribution in [3.8, 4) is 11.1 Å². The monoisotopic (exact) mass is 418 g/mol. The summed E-state index contributed by atoms with van der Waals surface area (Å²) < 4.78 is 33.9. The number of nitrogens with zero attached hydrogens (tertiary/aromatic N) is 1. The highest BCUT2D eigenvalue weighted by molar-refractivity contribution is 7.92. The van der Waals surface area contributed by atoms with Gasteiger partial charge in [0.2, 0.25) is 0 Å². The number of oxazole rings is 1. The molecule has 3 aromatic carbocycles. The summed E-state index contributed by atoms with van der Waals surface area (Å²) in [6.45, 7) is 4.10. The van der Waals surface area contributed by atoms with Crippen molar-refractivity contribution in [2.45, 2.75) is 25.2 Å². The van der Waals surface area contributed by atoms with Crippen molar-refractivity contribution in [3.05, 3.63) is 102 Å². The first-order chi connectivity index (χ1) is 14.4. The van der Waals surface area contributed by atoms with Gasteiger partial charge < -0.3 is 4.42 Å². The molecule has 0 aliphatic heterocycles. The Morgan fingerprint density at radius 2 is 1.63 bits per heavy atom. The van der Waals surface area contributed by atoms with Gasteiger partial charge in [-0.05, 0) is 59.7 Å². The zero-order valence-electron chi connectivity index (χ0n) is 16.8. The van der Waals surface area contributed by atoms with E-state index < -0.39 is 10.0 Å². The second kappa shape index (κ2) is 8.16. The lowest BCUT2D eigenvalue weighted by molar-refractivity contribution is 0.558. The average Bonchev–Trinajstić information content (AvgIpc) is 3.23. The fraction of sp³-hybridized carbons (Fsp3) is 0.125. The third-order valence-corrected chi connectivity index (χ3v) is 6.54. The highest BCUT2D eigenvalue weighted by Crippen LogP contribution is 2.29. The molecule has 0 unspecified atom stereocenters. The van der Waals surface area contributed by atoms with Crippen LogP contribution < -0.4 is 4.72 Å². The van der Waals surface area contributed by atoms with Crippen LogP contribution >= 0.6 is 0 Å². The van der Waals surface area contributed by atoms with Gasteiger partial charge in [-0.1, -0.05) is 60.7 Å². The predicted octanol–water partition coefficient (Wildman–Crippen LogP) is 5.35. The van der Waals surface area contributed by atoms with Crippen LogP contribution in [0.3, 0.4) is 0 Å². The van der Waals surface area contributed by atoms with E-state index in [2.05, 4.69) is 22.7 Å². The molecule has 0 saturated carbocycles. The number of hydrogen-bond donors (Lipinski definition) is 1. The normalized spacial score (nSPS) is 11.4. The maximum atomic E-state index is 13.2. The molecule has 0 saturated heterocycles. The number of nitrogens with one attached hydrogen (secondary N) is 1. The van der Waals surface area contributed by atoms with Gasteiger partial charge >= 0.3 is 0 Å².